The lowest BCUT2D eigenvalue weighted by atomic mass is 10.1. The molecule has 7 heteroatoms. The van der Waals surface area contributed by atoms with Gasteiger partial charge in [-0.3, -0.25) is 4.18 Å². The van der Waals surface area contributed by atoms with Crippen molar-refractivity contribution in [2.45, 2.75) is 31.7 Å². The van der Waals surface area contributed by atoms with Crippen molar-refractivity contribution in [3.63, 3.8) is 0 Å². The number of cyclic esters (lactones) is 1. The third-order valence-corrected chi connectivity index (χ3v) is 2.39. The van der Waals surface area contributed by atoms with Crippen LogP contribution in [0.5, 0.6) is 0 Å². The number of aliphatic hydroxyl groups excluding tert-OH is 1. The third kappa shape index (κ3) is 2.93. The highest BCUT2D eigenvalue weighted by molar-refractivity contribution is 7.86. The number of ether oxygens (including phenoxy) is 1. The Balaban J connectivity index is 2.62. The van der Waals surface area contributed by atoms with E-state index in [0.29, 0.717) is 0 Å². The molecule has 0 spiro atoms. The second-order valence-corrected chi connectivity index (χ2v) is 4.84. The molecule has 1 rings (SSSR count). The summed E-state index contributed by atoms with van der Waals surface area (Å²) in [4.78, 5) is 11.0. The molecule has 1 fully saturated rings. The minimum Gasteiger partial charge on any atom is -0.458 e. The summed E-state index contributed by atoms with van der Waals surface area (Å²) in [5, 5.41) is 9.10. The van der Waals surface area contributed by atoms with Gasteiger partial charge in [0.15, 0.2) is 6.10 Å². The van der Waals surface area contributed by atoms with Gasteiger partial charge in [-0.1, -0.05) is 0 Å². The maximum absolute atomic E-state index is 11.0. The first-order valence-corrected chi connectivity index (χ1v) is 5.88. The van der Waals surface area contributed by atoms with Gasteiger partial charge >= 0.3 is 5.97 Å². The van der Waals surface area contributed by atoms with Gasteiger partial charge in [0.2, 0.25) is 0 Å². The van der Waals surface area contributed by atoms with Gasteiger partial charge in [0, 0.05) is 6.42 Å². The minimum absolute atomic E-state index is 0.0591. The smallest absolute Gasteiger partial charge is 0.337 e. The summed E-state index contributed by atoms with van der Waals surface area (Å²) in [6.07, 6.45) is -1.72. The van der Waals surface area contributed by atoms with Gasteiger partial charge in [0.1, 0.15) is 6.10 Å². The minimum atomic E-state index is -3.67. The summed E-state index contributed by atoms with van der Waals surface area (Å²) in [5.74, 6) is -0.749. The number of carbonyl (C=O) groups is 1. The van der Waals surface area contributed by atoms with Crippen LogP contribution in [0.2, 0.25) is 0 Å². The van der Waals surface area contributed by atoms with Crippen LogP contribution in [0.15, 0.2) is 0 Å². The lowest BCUT2D eigenvalue weighted by Gasteiger charge is -2.10. The molecule has 1 saturated heterocycles. The van der Waals surface area contributed by atoms with Gasteiger partial charge in [-0.2, -0.15) is 8.42 Å². The molecule has 0 aliphatic carbocycles. The van der Waals surface area contributed by atoms with E-state index in [2.05, 4.69) is 4.18 Å². The summed E-state index contributed by atoms with van der Waals surface area (Å²) in [6.45, 7) is 1.46. The van der Waals surface area contributed by atoms with E-state index in [0.717, 1.165) is 6.26 Å². The Morgan fingerprint density at radius 3 is 2.57 bits per heavy atom. The molecule has 3 atom stereocenters. The second kappa shape index (κ2) is 3.84. The highest BCUT2D eigenvalue weighted by atomic mass is 32.2. The molecule has 0 saturated carbocycles. The standard InChI is InChI=1S/C7H12O6S/c1-4(8)5-3-6(7(9)12-5)13-14(2,10)11/h4-6,8H,3H2,1-2H3/t4-,5+,6+/m0/s1. The molecule has 1 N–H and O–H groups in total. The van der Waals surface area contributed by atoms with Crippen LogP contribution in [0.4, 0.5) is 0 Å². The summed E-state index contributed by atoms with van der Waals surface area (Å²) < 4.78 is 30.6. The molecule has 0 bridgehead atoms. The van der Waals surface area contributed by atoms with Crippen LogP contribution in [0.1, 0.15) is 13.3 Å². The molecule has 1 heterocycles. The quantitative estimate of drug-likeness (QED) is 0.490. The van der Waals surface area contributed by atoms with Gasteiger partial charge in [0.05, 0.1) is 12.4 Å². The molecule has 1 aliphatic rings. The molecule has 6 nitrogen and oxygen atoms in total. The molecule has 0 unspecified atom stereocenters. The van der Waals surface area contributed by atoms with E-state index in [4.69, 9.17) is 9.84 Å². The highest BCUT2D eigenvalue weighted by Gasteiger charge is 2.39. The Hall–Kier alpha value is -0.660. The Kier molecular flexibility index (Phi) is 3.13. The summed E-state index contributed by atoms with van der Waals surface area (Å²) in [7, 11) is -3.67. The van der Waals surface area contributed by atoms with E-state index >= 15 is 0 Å². The zero-order valence-corrected chi connectivity index (χ0v) is 8.65. The summed E-state index contributed by atoms with van der Waals surface area (Å²) in [6, 6.07) is 0. The van der Waals surface area contributed by atoms with Crippen LogP contribution in [-0.2, 0) is 23.8 Å². The fourth-order valence-electron chi connectivity index (χ4n) is 1.17. The first kappa shape index (κ1) is 11.4. The van der Waals surface area contributed by atoms with Crippen molar-refractivity contribution in [2.24, 2.45) is 0 Å². The zero-order valence-electron chi connectivity index (χ0n) is 7.84. The highest BCUT2D eigenvalue weighted by Crippen LogP contribution is 2.21. The van der Waals surface area contributed by atoms with E-state index in [9.17, 15) is 13.2 Å². The second-order valence-electron chi connectivity index (χ2n) is 3.24. The maximum atomic E-state index is 11.0. The van der Waals surface area contributed by atoms with E-state index < -0.39 is 34.4 Å². The number of hydrogen-bond acceptors (Lipinski definition) is 6. The van der Waals surface area contributed by atoms with Crippen molar-refractivity contribution in [1.82, 2.24) is 0 Å². The molecule has 0 aromatic rings. The largest absolute Gasteiger partial charge is 0.458 e. The van der Waals surface area contributed by atoms with Crippen molar-refractivity contribution >= 4 is 16.1 Å². The number of carbonyl (C=O) groups excluding carboxylic acids is 1. The van der Waals surface area contributed by atoms with Crippen LogP contribution in [0.3, 0.4) is 0 Å². The van der Waals surface area contributed by atoms with Crippen molar-refractivity contribution in [3.8, 4) is 0 Å². The van der Waals surface area contributed by atoms with E-state index in [1.54, 1.807) is 0 Å². The predicted octanol–water partition coefficient (Wildman–Crippen LogP) is -0.972. The average Bonchev–Trinajstić information content (AvgIpc) is 2.29. The Labute approximate surface area is 81.9 Å². The molecular formula is C7H12O6S. The molecule has 0 radical (unpaired) electrons. The van der Waals surface area contributed by atoms with Gasteiger partial charge in [-0.25, -0.2) is 4.79 Å². The Bertz CT molecular complexity index is 319. The van der Waals surface area contributed by atoms with Crippen LogP contribution in [-0.4, -0.2) is 44.1 Å². The SMILES string of the molecule is C[C@H](O)[C@H]1C[C@@H](OS(C)(=O)=O)C(=O)O1. The monoisotopic (exact) mass is 224 g/mol. The van der Waals surface area contributed by atoms with Gasteiger partial charge in [-0.05, 0) is 6.92 Å². The molecule has 0 aromatic heterocycles. The normalized spacial score (nSPS) is 30.1. The van der Waals surface area contributed by atoms with Crippen molar-refractivity contribution < 1.29 is 27.2 Å². The predicted molar refractivity (Wildman–Crippen MR) is 45.9 cm³/mol. The molecule has 1 aliphatic heterocycles. The lowest BCUT2D eigenvalue weighted by Crippen LogP contribution is -2.23. The molecule has 0 aromatic carbocycles. The van der Waals surface area contributed by atoms with E-state index in [-0.39, 0.29) is 6.42 Å². The van der Waals surface area contributed by atoms with Crippen LogP contribution >= 0.6 is 0 Å². The van der Waals surface area contributed by atoms with Gasteiger partial charge in [-0.15, -0.1) is 0 Å². The van der Waals surface area contributed by atoms with Crippen LogP contribution in [0, 0.1) is 0 Å². The topological polar surface area (TPSA) is 89.9 Å². The molecule has 14 heavy (non-hydrogen) atoms. The summed E-state index contributed by atoms with van der Waals surface area (Å²) in [5.41, 5.74) is 0. The van der Waals surface area contributed by atoms with Crippen LogP contribution < -0.4 is 0 Å². The van der Waals surface area contributed by atoms with Gasteiger partial charge in [0.25, 0.3) is 10.1 Å². The Morgan fingerprint density at radius 1 is 1.64 bits per heavy atom. The number of hydrogen-bond donors (Lipinski definition) is 1. The van der Waals surface area contributed by atoms with E-state index in [1.807, 2.05) is 0 Å². The number of esters is 1. The van der Waals surface area contributed by atoms with Crippen LogP contribution in [0.25, 0.3) is 0 Å². The first-order chi connectivity index (χ1) is 6.29. The van der Waals surface area contributed by atoms with Crippen molar-refractivity contribution in [2.75, 3.05) is 6.26 Å². The van der Waals surface area contributed by atoms with E-state index in [1.165, 1.54) is 6.92 Å². The maximum Gasteiger partial charge on any atom is 0.337 e. The molecular weight excluding hydrogens is 212 g/mol. The number of aliphatic hydroxyl groups is 1. The number of rotatable bonds is 3. The Morgan fingerprint density at radius 2 is 2.21 bits per heavy atom. The van der Waals surface area contributed by atoms with Crippen molar-refractivity contribution in [1.29, 1.82) is 0 Å². The summed E-state index contributed by atoms with van der Waals surface area (Å²) >= 11 is 0. The van der Waals surface area contributed by atoms with Gasteiger partial charge < -0.3 is 9.84 Å². The molecule has 0 amide bonds. The fourth-order valence-corrected chi connectivity index (χ4v) is 1.74. The third-order valence-electron chi connectivity index (χ3n) is 1.81. The molecule has 82 valence electrons. The fraction of sp³-hybridized carbons (Fsp3) is 0.857. The first-order valence-electron chi connectivity index (χ1n) is 4.06. The lowest BCUT2D eigenvalue weighted by molar-refractivity contribution is -0.149. The van der Waals surface area contributed by atoms with Crippen molar-refractivity contribution in [3.05, 3.63) is 0 Å². The zero-order chi connectivity index (χ0) is 10.9. The average molecular weight is 224 g/mol.